The number of aromatic nitrogens is 7. The lowest BCUT2D eigenvalue weighted by Gasteiger charge is -2.18. The lowest BCUT2D eigenvalue weighted by Crippen LogP contribution is -2.25. The number of aromatic amines is 2. The molecule has 0 saturated carbocycles. The van der Waals surface area contributed by atoms with E-state index in [4.69, 9.17) is 10.7 Å². The molecule has 1 atom stereocenters. The van der Waals surface area contributed by atoms with Crippen LogP contribution in [-0.2, 0) is 4.79 Å². The molecular weight excluding hydrogens is 483 g/mol. The van der Waals surface area contributed by atoms with E-state index >= 15 is 0 Å². The summed E-state index contributed by atoms with van der Waals surface area (Å²) in [7, 11) is 0. The van der Waals surface area contributed by atoms with E-state index in [2.05, 4.69) is 30.1 Å². The van der Waals surface area contributed by atoms with Crippen LogP contribution >= 0.6 is 0 Å². The van der Waals surface area contributed by atoms with E-state index in [9.17, 15) is 9.18 Å². The van der Waals surface area contributed by atoms with Crippen LogP contribution in [0.15, 0.2) is 67.4 Å². The third kappa shape index (κ3) is 4.05. The zero-order chi connectivity index (χ0) is 26.4. The first-order valence-electron chi connectivity index (χ1n) is 12.1. The highest BCUT2D eigenvalue weighted by atomic mass is 19.1. The minimum absolute atomic E-state index is 0.0328. The van der Waals surface area contributed by atoms with E-state index in [0.717, 1.165) is 22.1 Å². The van der Waals surface area contributed by atoms with Gasteiger partial charge in [-0.1, -0.05) is 26.0 Å². The molecule has 188 valence electrons. The Hall–Kier alpha value is -4.99. The van der Waals surface area contributed by atoms with Gasteiger partial charge in [0.15, 0.2) is 11.5 Å². The summed E-state index contributed by atoms with van der Waals surface area (Å²) < 4.78 is 13.9. The predicted octanol–water partition coefficient (Wildman–Crippen LogP) is 4.99. The molecule has 6 aromatic rings. The Morgan fingerprint density at radius 3 is 2.58 bits per heavy atom. The molecular formula is C28H23FN8O. The number of nitrogens with one attached hydrogen (secondary N) is 2. The van der Waals surface area contributed by atoms with Gasteiger partial charge in [0.05, 0.1) is 28.5 Å². The number of carbonyl (C=O) groups excluding carboxylic acids is 1. The van der Waals surface area contributed by atoms with Gasteiger partial charge in [-0.25, -0.2) is 14.4 Å². The maximum Gasteiger partial charge on any atom is 0.225 e. The number of benzene rings is 1. The highest BCUT2D eigenvalue weighted by Crippen LogP contribution is 2.33. The highest BCUT2D eigenvalue weighted by Gasteiger charge is 2.23. The third-order valence-electron chi connectivity index (χ3n) is 6.60. The molecule has 1 unspecified atom stereocenters. The van der Waals surface area contributed by atoms with E-state index in [-0.39, 0.29) is 17.6 Å². The smallest absolute Gasteiger partial charge is 0.225 e. The number of amides is 1. The van der Waals surface area contributed by atoms with Crippen molar-refractivity contribution < 1.29 is 9.18 Å². The second-order valence-corrected chi connectivity index (χ2v) is 9.50. The molecule has 38 heavy (non-hydrogen) atoms. The summed E-state index contributed by atoms with van der Waals surface area (Å²) in [5, 5.41) is 8.13. The summed E-state index contributed by atoms with van der Waals surface area (Å²) in [6.45, 7) is 3.91. The average molecular weight is 507 g/mol. The number of primary amides is 1. The van der Waals surface area contributed by atoms with Crippen molar-refractivity contribution in [3.05, 3.63) is 78.8 Å². The molecule has 0 radical (unpaired) electrons. The lowest BCUT2D eigenvalue weighted by atomic mass is 9.88. The van der Waals surface area contributed by atoms with Crippen LogP contribution in [-0.4, -0.2) is 41.0 Å². The third-order valence-corrected chi connectivity index (χ3v) is 6.60. The standard InChI is InChI=1S/C28H23FN8O/c1-14(2)23(26(30)38)18-6-16(9-31-10-18)17-8-20-25(36-37-27(20)33-11-17)28-34-22-13-32-12-21(24(22)35-28)15-4-3-5-19(29)7-15/h3-14,23H,1-2H3,(H2,30,38)(H,34,35)(H,33,36,37). The second kappa shape index (κ2) is 9.15. The molecule has 10 heteroatoms. The molecule has 0 fully saturated rings. The van der Waals surface area contributed by atoms with Crippen LogP contribution in [0.1, 0.15) is 25.3 Å². The first-order chi connectivity index (χ1) is 18.4. The first-order valence-corrected chi connectivity index (χ1v) is 12.1. The molecule has 0 aliphatic heterocycles. The van der Waals surface area contributed by atoms with Crippen molar-refractivity contribution in [2.45, 2.75) is 19.8 Å². The number of pyridine rings is 3. The Morgan fingerprint density at radius 2 is 1.79 bits per heavy atom. The van der Waals surface area contributed by atoms with Gasteiger partial charge in [0.1, 0.15) is 11.5 Å². The number of hydrogen-bond donors (Lipinski definition) is 3. The van der Waals surface area contributed by atoms with E-state index in [0.29, 0.717) is 39.3 Å². The maximum atomic E-state index is 13.9. The van der Waals surface area contributed by atoms with Crippen LogP contribution < -0.4 is 5.73 Å². The van der Waals surface area contributed by atoms with Gasteiger partial charge >= 0.3 is 0 Å². The molecule has 4 N–H and O–H groups in total. The topological polar surface area (TPSA) is 139 Å². The Labute approximate surface area is 216 Å². The number of carbonyl (C=O) groups is 1. The van der Waals surface area contributed by atoms with Crippen LogP contribution in [0, 0.1) is 11.7 Å². The molecule has 1 amide bonds. The van der Waals surface area contributed by atoms with Crippen LogP contribution in [0.5, 0.6) is 0 Å². The molecule has 6 rings (SSSR count). The second-order valence-electron chi connectivity index (χ2n) is 9.50. The van der Waals surface area contributed by atoms with Gasteiger partial charge in [-0.15, -0.1) is 0 Å². The maximum absolute atomic E-state index is 13.9. The number of H-pyrrole nitrogens is 2. The summed E-state index contributed by atoms with van der Waals surface area (Å²) in [5.41, 5.74) is 12.0. The summed E-state index contributed by atoms with van der Waals surface area (Å²) in [5.74, 6) is -0.581. The number of fused-ring (bicyclic) bond motifs is 2. The molecule has 0 saturated heterocycles. The molecule has 0 bridgehead atoms. The molecule has 0 aliphatic rings. The lowest BCUT2D eigenvalue weighted by molar-refractivity contribution is -0.120. The van der Waals surface area contributed by atoms with E-state index in [1.54, 1.807) is 37.1 Å². The zero-order valence-corrected chi connectivity index (χ0v) is 20.6. The Bertz CT molecular complexity index is 1820. The number of nitrogens with zero attached hydrogens (tertiary/aromatic N) is 5. The molecule has 5 aromatic heterocycles. The Morgan fingerprint density at radius 1 is 0.974 bits per heavy atom. The highest BCUT2D eigenvalue weighted by molar-refractivity contribution is 5.96. The van der Waals surface area contributed by atoms with Gasteiger partial charge in [0.25, 0.3) is 0 Å². The van der Waals surface area contributed by atoms with Crippen molar-refractivity contribution in [1.29, 1.82) is 0 Å². The Kier molecular flexibility index (Phi) is 5.64. The predicted molar refractivity (Wildman–Crippen MR) is 142 cm³/mol. The summed E-state index contributed by atoms with van der Waals surface area (Å²) in [6.07, 6.45) is 8.46. The van der Waals surface area contributed by atoms with Gasteiger partial charge in [-0.3, -0.25) is 19.9 Å². The van der Waals surface area contributed by atoms with Crippen molar-refractivity contribution in [3.8, 4) is 33.8 Å². The number of imidazole rings is 1. The van der Waals surface area contributed by atoms with Gasteiger partial charge < -0.3 is 10.7 Å². The number of rotatable bonds is 6. The van der Waals surface area contributed by atoms with Crippen molar-refractivity contribution in [2.24, 2.45) is 11.7 Å². The van der Waals surface area contributed by atoms with E-state index < -0.39 is 5.92 Å². The van der Waals surface area contributed by atoms with Gasteiger partial charge in [-0.2, -0.15) is 5.10 Å². The zero-order valence-electron chi connectivity index (χ0n) is 20.6. The van der Waals surface area contributed by atoms with Crippen LogP contribution in [0.2, 0.25) is 0 Å². The average Bonchev–Trinajstić information content (AvgIpc) is 3.52. The van der Waals surface area contributed by atoms with E-state index in [1.807, 2.05) is 32.0 Å². The van der Waals surface area contributed by atoms with Crippen LogP contribution in [0.3, 0.4) is 0 Å². The minimum atomic E-state index is -0.444. The van der Waals surface area contributed by atoms with E-state index in [1.165, 1.54) is 12.1 Å². The van der Waals surface area contributed by atoms with Crippen LogP contribution in [0.4, 0.5) is 4.39 Å². The molecule has 5 heterocycles. The fourth-order valence-electron chi connectivity index (χ4n) is 4.82. The minimum Gasteiger partial charge on any atom is -0.369 e. The monoisotopic (exact) mass is 506 g/mol. The summed E-state index contributed by atoms with van der Waals surface area (Å²) >= 11 is 0. The molecule has 1 aromatic carbocycles. The quantitative estimate of drug-likeness (QED) is 0.291. The van der Waals surface area contributed by atoms with Crippen molar-refractivity contribution in [1.82, 2.24) is 35.1 Å². The molecule has 0 spiro atoms. The first kappa shape index (κ1) is 23.4. The van der Waals surface area contributed by atoms with Crippen molar-refractivity contribution in [3.63, 3.8) is 0 Å². The summed E-state index contributed by atoms with van der Waals surface area (Å²) in [4.78, 5) is 33.4. The Balaban J connectivity index is 1.44. The number of nitrogens with two attached hydrogens (primary N) is 1. The fourth-order valence-corrected chi connectivity index (χ4v) is 4.82. The fraction of sp³-hybridized carbons (Fsp3) is 0.143. The van der Waals surface area contributed by atoms with Gasteiger partial charge in [0.2, 0.25) is 5.91 Å². The largest absolute Gasteiger partial charge is 0.369 e. The van der Waals surface area contributed by atoms with Gasteiger partial charge in [0, 0.05) is 41.5 Å². The normalized spacial score (nSPS) is 12.4. The molecule has 0 aliphatic carbocycles. The SMILES string of the molecule is CC(C)C(C(N)=O)c1cncc(-c2cnc3n[nH]c(-c4nc5c(-c6cccc(F)c6)cncc5[nH]4)c3c2)c1. The summed E-state index contributed by atoms with van der Waals surface area (Å²) in [6, 6.07) is 10.2. The van der Waals surface area contributed by atoms with Crippen molar-refractivity contribution >= 4 is 28.0 Å². The molecule has 9 nitrogen and oxygen atoms in total. The number of halogens is 1. The number of hydrogen-bond acceptors (Lipinski definition) is 6. The van der Waals surface area contributed by atoms with Crippen molar-refractivity contribution in [2.75, 3.05) is 0 Å². The van der Waals surface area contributed by atoms with Gasteiger partial charge in [-0.05, 0) is 41.3 Å². The van der Waals surface area contributed by atoms with Crippen LogP contribution in [0.25, 0.3) is 55.8 Å².